The van der Waals surface area contributed by atoms with E-state index >= 15 is 0 Å². The van der Waals surface area contributed by atoms with E-state index in [-0.39, 0.29) is 5.78 Å². The Morgan fingerprint density at radius 2 is 1.32 bits per heavy atom. The summed E-state index contributed by atoms with van der Waals surface area (Å²) in [5.41, 5.74) is 3.28. The van der Waals surface area contributed by atoms with E-state index in [2.05, 4.69) is 5.92 Å². The van der Waals surface area contributed by atoms with Gasteiger partial charge in [-0.15, -0.1) is 6.42 Å². The lowest BCUT2D eigenvalue weighted by molar-refractivity contribution is 0.103. The zero-order valence-electron chi connectivity index (χ0n) is 11.6. The van der Waals surface area contributed by atoms with Gasteiger partial charge in [-0.05, 0) is 31.2 Å². The van der Waals surface area contributed by atoms with E-state index in [1.807, 2.05) is 45.0 Å². The summed E-state index contributed by atoms with van der Waals surface area (Å²) in [7, 11) is 0. The monoisotopic (exact) mass is 250 g/mol. The third-order valence-electron chi connectivity index (χ3n) is 2.63. The summed E-state index contributed by atoms with van der Waals surface area (Å²) >= 11 is 0. The van der Waals surface area contributed by atoms with Crippen molar-refractivity contribution in [3.05, 3.63) is 70.8 Å². The molecule has 0 N–H and O–H groups in total. The molecule has 0 aliphatic heterocycles. The molecule has 0 bridgehead atoms. The van der Waals surface area contributed by atoms with E-state index in [0.29, 0.717) is 11.1 Å². The van der Waals surface area contributed by atoms with Gasteiger partial charge in [0.2, 0.25) is 0 Å². The molecule has 0 saturated heterocycles. The minimum absolute atomic E-state index is 0.0218. The zero-order chi connectivity index (χ0) is 14.3. The summed E-state index contributed by atoms with van der Waals surface area (Å²) in [4.78, 5) is 12.1. The summed E-state index contributed by atoms with van der Waals surface area (Å²) in [6.07, 6.45) is 5.27. The van der Waals surface area contributed by atoms with Gasteiger partial charge in [0.25, 0.3) is 0 Å². The van der Waals surface area contributed by atoms with E-state index in [1.165, 1.54) is 0 Å². The Kier molecular flexibility index (Phi) is 5.57. The lowest BCUT2D eigenvalue weighted by Gasteiger charge is -2.02. The second kappa shape index (κ2) is 7.18. The van der Waals surface area contributed by atoms with E-state index in [1.54, 1.807) is 24.3 Å². The second-order valence-corrected chi connectivity index (χ2v) is 3.92. The Bertz CT molecular complexity index is 569. The van der Waals surface area contributed by atoms with Crippen molar-refractivity contribution in [2.24, 2.45) is 0 Å². The smallest absolute Gasteiger partial charge is 0.193 e. The predicted molar refractivity (Wildman–Crippen MR) is 80.3 cm³/mol. The molecular formula is C18H18O. The van der Waals surface area contributed by atoms with E-state index in [0.717, 1.165) is 11.1 Å². The van der Waals surface area contributed by atoms with Crippen LogP contribution in [-0.2, 0) is 0 Å². The van der Waals surface area contributed by atoms with Crippen LogP contribution in [0.5, 0.6) is 0 Å². The summed E-state index contributed by atoms with van der Waals surface area (Å²) < 4.78 is 0. The lowest BCUT2D eigenvalue weighted by atomic mass is 10.0. The second-order valence-electron chi connectivity index (χ2n) is 3.92. The van der Waals surface area contributed by atoms with Gasteiger partial charge in [-0.1, -0.05) is 49.6 Å². The first-order valence-corrected chi connectivity index (χ1v) is 6.39. The molecule has 0 amide bonds. The van der Waals surface area contributed by atoms with E-state index in [9.17, 15) is 4.79 Å². The fourth-order valence-electron chi connectivity index (χ4n) is 1.59. The topological polar surface area (TPSA) is 17.1 Å². The van der Waals surface area contributed by atoms with Crippen LogP contribution in [-0.4, -0.2) is 5.78 Å². The molecule has 0 unspecified atom stereocenters. The molecule has 0 fully saturated rings. The van der Waals surface area contributed by atoms with Crippen LogP contribution >= 0.6 is 0 Å². The number of carbonyl (C=O) groups is 1. The molecule has 0 radical (unpaired) electrons. The molecule has 0 saturated carbocycles. The molecule has 2 rings (SSSR count). The van der Waals surface area contributed by atoms with Crippen molar-refractivity contribution in [3.8, 4) is 12.3 Å². The Morgan fingerprint density at radius 3 is 1.74 bits per heavy atom. The number of terminal acetylenes is 1. The molecule has 1 nitrogen and oxygen atoms in total. The van der Waals surface area contributed by atoms with Crippen molar-refractivity contribution in [2.75, 3.05) is 0 Å². The minimum atomic E-state index is 0.0218. The van der Waals surface area contributed by atoms with Gasteiger partial charge in [-0.25, -0.2) is 0 Å². The Morgan fingerprint density at radius 1 is 0.895 bits per heavy atom. The predicted octanol–water partition coefficient (Wildman–Crippen LogP) is 4.23. The van der Waals surface area contributed by atoms with Crippen molar-refractivity contribution in [2.45, 2.75) is 20.8 Å². The molecule has 0 aliphatic rings. The molecule has 96 valence electrons. The van der Waals surface area contributed by atoms with Crippen LogP contribution in [0.2, 0.25) is 0 Å². The van der Waals surface area contributed by atoms with E-state index < -0.39 is 0 Å². The summed E-state index contributed by atoms with van der Waals surface area (Å²) in [6, 6.07) is 14.6. The fourth-order valence-corrected chi connectivity index (χ4v) is 1.59. The highest BCUT2D eigenvalue weighted by Crippen LogP contribution is 2.11. The Balaban J connectivity index is 0.000000861. The number of benzene rings is 2. The molecule has 0 atom stereocenters. The molecule has 1 heteroatoms. The van der Waals surface area contributed by atoms with Crippen LogP contribution < -0.4 is 0 Å². The molecule has 0 aliphatic carbocycles. The number of aryl methyl sites for hydroxylation is 1. The number of carbonyl (C=O) groups excluding carboxylic acids is 1. The van der Waals surface area contributed by atoms with Crippen LogP contribution in [0.25, 0.3) is 0 Å². The van der Waals surface area contributed by atoms with Crippen LogP contribution in [0.1, 0.15) is 40.9 Å². The van der Waals surface area contributed by atoms with Crippen molar-refractivity contribution >= 4 is 5.78 Å². The van der Waals surface area contributed by atoms with E-state index in [4.69, 9.17) is 6.42 Å². The third kappa shape index (κ3) is 3.82. The molecule has 0 spiro atoms. The molecule has 19 heavy (non-hydrogen) atoms. The van der Waals surface area contributed by atoms with Crippen molar-refractivity contribution in [3.63, 3.8) is 0 Å². The fraction of sp³-hybridized carbons (Fsp3) is 0.167. The van der Waals surface area contributed by atoms with Gasteiger partial charge in [-0.3, -0.25) is 4.79 Å². The Hall–Kier alpha value is -2.33. The quantitative estimate of drug-likeness (QED) is 0.575. The highest BCUT2D eigenvalue weighted by Gasteiger charge is 2.07. The number of rotatable bonds is 2. The largest absolute Gasteiger partial charge is 0.289 e. The van der Waals surface area contributed by atoms with Crippen LogP contribution in [0.3, 0.4) is 0 Å². The average molecular weight is 250 g/mol. The molecule has 0 aromatic heterocycles. The van der Waals surface area contributed by atoms with Gasteiger partial charge >= 0.3 is 0 Å². The van der Waals surface area contributed by atoms with Gasteiger partial charge in [0.05, 0.1) is 0 Å². The van der Waals surface area contributed by atoms with Gasteiger partial charge in [-0.2, -0.15) is 0 Å². The first-order chi connectivity index (χ1) is 9.20. The third-order valence-corrected chi connectivity index (χ3v) is 2.63. The van der Waals surface area contributed by atoms with Crippen molar-refractivity contribution in [1.82, 2.24) is 0 Å². The number of hydrogen-bond donors (Lipinski definition) is 0. The van der Waals surface area contributed by atoms with Crippen molar-refractivity contribution < 1.29 is 4.79 Å². The van der Waals surface area contributed by atoms with Crippen LogP contribution in [0.15, 0.2) is 48.5 Å². The summed E-state index contributed by atoms with van der Waals surface area (Å²) in [5, 5.41) is 0. The maximum Gasteiger partial charge on any atom is 0.193 e. The minimum Gasteiger partial charge on any atom is -0.289 e. The Labute approximate surface area is 115 Å². The lowest BCUT2D eigenvalue weighted by Crippen LogP contribution is -2.00. The molecular weight excluding hydrogens is 232 g/mol. The SMILES string of the molecule is C#Cc1ccc(C(=O)c2ccc(C)cc2)cc1.CC. The first-order valence-electron chi connectivity index (χ1n) is 6.39. The molecule has 2 aromatic rings. The van der Waals surface area contributed by atoms with Crippen molar-refractivity contribution in [1.29, 1.82) is 0 Å². The number of ketones is 1. The molecule has 0 heterocycles. The van der Waals surface area contributed by atoms with Gasteiger partial charge in [0.15, 0.2) is 5.78 Å². The maximum absolute atomic E-state index is 12.1. The van der Waals surface area contributed by atoms with Crippen LogP contribution in [0.4, 0.5) is 0 Å². The van der Waals surface area contributed by atoms with Gasteiger partial charge in [0.1, 0.15) is 0 Å². The summed E-state index contributed by atoms with van der Waals surface area (Å²) in [5.74, 6) is 2.55. The average Bonchev–Trinajstić information content (AvgIpc) is 2.49. The highest BCUT2D eigenvalue weighted by molar-refractivity contribution is 6.09. The van der Waals surface area contributed by atoms with Crippen LogP contribution in [0, 0.1) is 19.3 Å². The highest BCUT2D eigenvalue weighted by atomic mass is 16.1. The zero-order valence-corrected chi connectivity index (χ0v) is 11.6. The maximum atomic E-state index is 12.1. The normalized spacial score (nSPS) is 8.95. The number of hydrogen-bond acceptors (Lipinski definition) is 1. The van der Waals surface area contributed by atoms with Gasteiger partial charge in [0, 0.05) is 16.7 Å². The summed E-state index contributed by atoms with van der Waals surface area (Å²) in [6.45, 7) is 6.00. The van der Waals surface area contributed by atoms with Gasteiger partial charge < -0.3 is 0 Å². The molecule has 2 aromatic carbocycles. The first kappa shape index (κ1) is 14.7. The standard InChI is InChI=1S/C16H12O.C2H6/c1-3-13-6-10-15(11-7-13)16(17)14-8-4-12(2)5-9-14;1-2/h1,4-11H,2H3;1-2H3.